The Morgan fingerprint density at radius 2 is 1.81 bits per heavy atom. The number of carbonyl (C=O) groups excluding carboxylic acids is 1. The molecule has 1 aromatic rings. The van der Waals surface area contributed by atoms with Crippen molar-refractivity contribution in [2.24, 2.45) is 0 Å². The number of rotatable bonds is 7. The fourth-order valence-electron chi connectivity index (χ4n) is 2.30. The minimum Gasteiger partial charge on any atom is -0.325 e. The van der Waals surface area contributed by atoms with Crippen LogP contribution in [0.15, 0.2) is 24.3 Å². The second-order valence-electron chi connectivity index (χ2n) is 5.58. The number of amides is 2. The minimum atomic E-state index is -0.0524. The molecule has 0 saturated heterocycles. The molecule has 4 heteroatoms. The van der Waals surface area contributed by atoms with Gasteiger partial charge in [-0.05, 0) is 44.5 Å². The van der Waals surface area contributed by atoms with Crippen LogP contribution in [0.2, 0.25) is 0 Å². The Morgan fingerprint density at radius 3 is 2.33 bits per heavy atom. The molecule has 0 heterocycles. The summed E-state index contributed by atoms with van der Waals surface area (Å²) in [4.78, 5) is 13.9. The second kappa shape index (κ2) is 8.67. The van der Waals surface area contributed by atoms with Gasteiger partial charge in [0.25, 0.3) is 0 Å². The molecule has 1 aromatic carbocycles. The number of hydrogen-bond acceptors (Lipinski definition) is 2. The molecule has 1 rings (SSSR count). The van der Waals surface area contributed by atoms with Crippen LogP contribution in [0.5, 0.6) is 0 Å². The standard InChI is InChI=1S/C17H29N3O/c1-6-8-13(3)20(5)17(21)19-16-11-9-15(10-12-16)14(4)18-7-2/h9-14,18H,6-8H2,1-5H3,(H,19,21). The number of urea groups is 1. The van der Waals surface area contributed by atoms with E-state index in [2.05, 4.69) is 50.5 Å². The summed E-state index contributed by atoms with van der Waals surface area (Å²) in [5, 5.41) is 6.32. The number of anilines is 1. The number of hydrogen-bond donors (Lipinski definition) is 2. The first kappa shape index (κ1) is 17.5. The van der Waals surface area contributed by atoms with Gasteiger partial charge in [-0.3, -0.25) is 0 Å². The van der Waals surface area contributed by atoms with Gasteiger partial charge in [0.05, 0.1) is 0 Å². The Kier molecular flexibility index (Phi) is 7.23. The molecule has 21 heavy (non-hydrogen) atoms. The first-order chi connectivity index (χ1) is 9.99. The summed E-state index contributed by atoms with van der Waals surface area (Å²) in [5.74, 6) is 0. The molecule has 0 bridgehead atoms. The second-order valence-corrected chi connectivity index (χ2v) is 5.58. The zero-order valence-corrected chi connectivity index (χ0v) is 13.9. The third-order valence-electron chi connectivity index (χ3n) is 3.86. The van der Waals surface area contributed by atoms with Crippen molar-refractivity contribution < 1.29 is 4.79 Å². The van der Waals surface area contributed by atoms with Gasteiger partial charge in [-0.1, -0.05) is 32.4 Å². The zero-order valence-electron chi connectivity index (χ0n) is 13.9. The van der Waals surface area contributed by atoms with E-state index < -0.39 is 0 Å². The Morgan fingerprint density at radius 1 is 1.19 bits per heavy atom. The summed E-state index contributed by atoms with van der Waals surface area (Å²) in [6, 6.07) is 8.55. The molecule has 0 aliphatic rings. The molecule has 4 nitrogen and oxygen atoms in total. The van der Waals surface area contributed by atoms with E-state index in [0.29, 0.717) is 6.04 Å². The lowest BCUT2D eigenvalue weighted by atomic mass is 10.1. The summed E-state index contributed by atoms with van der Waals surface area (Å²) in [6.45, 7) is 9.38. The smallest absolute Gasteiger partial charge is 0.321 e. The monoisotopic (exact) mass is 291 g/mol. The number of nitrogens with zero attached hydrogens (tertiary/aromatic N) is 1. The van der Waals surface area contributed by atoms with Crippen LogP contribution in [0, 0.1) is 0 Å². The third-order valence-corrected chi connectivity index (χ3v) is 3.86. The van der Waals surface area contributed by atoms with Crippen molar-refractivity contribution >= 4 is 11.7 Å². The Balaban J connectivity index is 2.61. The van der Waals surface area contributed by atoms with Crippen molar-refractivity contribution in [2.45, 2.75) is 52.6 Å². The van der Waals surface area contributed by atoms with Gasteiger partial charge in [0, 0.05) is 24.8 Å². The van der Waals surface area contributed by atoms with E-state index in [9.17, 15) is 4.79 Å². The van der Waals surface area contributed by atoms with Crippen molar-refractivity contribution in [3.8, 4) is 0 Å². The van der Waals surface area contributed by atoms with E-state index in [1.165, 1.54) is 5.56 Å². The fraction of sp³-hybridized carbons (Fsp3) is 0.588. The van der Waals surface area contributed by atoms with E-state index in [0.717, 1.165) is 25.1 Å². The van der Waals surface area contributed by atoms with Crippen LogP contribution in [0.3, 0.4) is 0 Å². The minimum absolute atomic E-state index is 0.0524. The molecule has 2 unspecified atom stereocenters. The van der Waals surface area contributed by atoms with Crippen molar-refractivity contribution in [1.29, 1.82) is 0 Å². The molecule has 2 N–H and O–H groups in total. The normalized spacial score (nSPS) is 13.6. The van der Waals surface area contributed by atoms with Crippen LogP contribution in [0.4, 0.5) is 10.5 Å². The van der Waals surface area contributed by atoms with Crippen LogP contribution in [-0.2, 0) is 0 Å². The third kappa shape index (κ3) is 5.38. The highest BCUT2D eigenvalue weighted by Crippen LogP contribution is 2.16. The van der Waals surface area contributed by atoms with Crippen LogP contribution in [-0.4, -0.2) is 30.6 Å². The number of nitrogens with one attached hydrogen (secondary N) is 2. The van der Waals surface area contributed by atoms with E-state index in [1.54, 1.807) is 4.90 Å². The Labute approximate surface area is 128 Å². The quantitative estimate of drug-likeness (QED) is 0.797. The highest BCUT2D eigenvalue weighted by Gasteiger charge is 2.14. The van der Waals surface area contributed by atoms with Gasteiger partial charge in [0.2, 0.25) is 0 Å². The van der Waals surface area contributed by atoms with Gasteiger partial charge in [-0.25, -0.2) is 4.79 Å². The molecule has 0 radical (unpaired) electrons. The van der Waals surface area contributed by atoms with E-state index in [-0.39, 0.29) is 12.1 Å². The van der Waals surface area contributed by atoms with Crippen LogP contribution in [0.25, 0.3) is 0 Å². The first-order valence-corrected chi connectivity index (χ1v) is 7.86. The predicted octanol–water partition coefficient (Wildman–Crippen LogP) is 4.01. The fourth-order valence-corrected chi connectivity index (χ4v) is 2.30. The zero-order chi connectivity index (χ0) is 15.8. The Hall–Kier alpha value is -1.55. The van der Waals surface area contributed by atoms with Crippen molar-refractivity contribution in [2.75, 3.05) is 18.9 Å². The number of carbonyl (C=O) groups is 1. The molecule has 2 amide bonds. The molecular formula is C17H29N3O. The largest absolute Gasteiger partial charge is 0.325 e. The average molecular weight is 291 g/mol. The topological polar surface area (TPSA) is 44.4 Å². The molecule has 0 aromatic heterocycles. The summed E-state index contributed by atoms with van der Waals surface area (Å²) in [7, 11) is 1.84. The lowest BCUT2D eigenvalue weighted by Crippen LogP contribution is -2.38. The summed E-state index contributed by atoms with van der Waals surface area (Å²) in [5.41, 5.74) is 2.06. The van der Waals surface area contributed by atoms with Gasteiger partial charge >= 0.3 is 6.03 Å². The summed E-state index contributed by atoms with van der Waals surface area (Å²) < 4.78 is 0. The molecule has 118 valence electrons. The lowest BCUT2D eigenvalue weighted by Gasteiger charge is -2.25. The molecule has 0 aliphatic heterocycles. The average Bonchev–Trinajstić information content (AvgIpc) is 2.47. The van der Waals surface area contributed by atoms with Gasteiger partial charge in [-0.15, -0.1) is 0 Å². The molecule has 0 spiro atoms. The van der Waals surface area contributed by atoms with Gasteiger partial charge in [0.15, 0.2) is 0 Å². The van der Waals surface area contributed by atoms with Gasteiger partial charge < -0.3 is 15.5 Å². The van der Waals surface area contributed by atoms with Crippen LogP contribution >= 0.6 is 0 Å². The van der Waals surface area contributed by atoms with E-state index in [1.807, 2.05) is 19.2 Å². The maximum Gasteiger partial charge on any atom is 0.321 e. The van der Waals surface area contributed by atoms with E-state index >= 15 is 0 Å². The first-order valence-electron chi connectivity index (χ1n) is 7.86. The van der Waals surface area contributed by atoms with Crippen molar-refractivity contribution in [3.63, 3.8) is 0 Å². The SMILES string of the molecule is CCCC(C)N(C)C(=O)Nc1ccc(C(C)NCC)cc1. The van der Waals surface area contributed by atoms with Crippen LogP contribution < -0.4 is 10.6 Å². The highest BCUT2D eigenvalue weighted by molar-refractivity contribution is 5.89. The number of benzene rings is 1. The van der Waals surface area contributed by atoms with Gasteiger partial charge in [0.1, 0.15) is 0 Å². The van der Waals surface area contributed by atoms with Crippen molar-refractivity contribution in [1.82, 2.24) is 10.2 Å². The molecule has 0 saturated carbocycles. The maximum atomic E-state index is 12.2. The molecule has 0 fully saturated rings. The summed E-state index contributed by atoms with van der Waals surface area (Å²) >= 11 is 0. The predicted molar refractivity (Wildman–Crippen MR) is 89.7 cm³/mol. The molecule has 0 aliphatic carbocycles. The van der Waals surface area contributed by atoms with Crippen LogP contribution in [0.1, 0.15) is 52.1 Å². The maximum absolute atomic E-state index is 12.2. The molecule has 2 atom stereocenters. The van der Waals surface area contributed by atoms with Gasteiger partial charge in [-0.2, -0.15) is 0 Å². The van der Waals surface area contributed by atoms with E-state index in [4.69, 9.17) is 0 Å². The Bertz CT molecular complexity index is 430. The molecular weight excluding hydrogens is 262 g/mol. The summed E-state index contributed by atoms with van der Waals surface area (Å²) in [6.07, 6.45) is 2.10. The van der Waals surface area contributed by atoms with Crippen molar-refractivity contribution in [3.05, 3.63) is 29.8 Å². The highest BCUT2D eigenvalue weighted by atomic mass is 16.2. The lowest BCUT2D eigenvalue weighted by molar-refractivity contribution is 0.205.